The molecule has 0 unspecified atom stereocenters. The number of nitrogens with two attached hydrogens (primary N) is 1. The number of carbonyl (C=O) groups excluding carboxylic acids is 2. The first kappa shape index (κ1) is 10.1. The molecule has 14 heavy (non-hydrogen) atoms. The van der Waals surface area contributed by atoms with Crippen molar-refractivity contribution >= 4 is 17.9 Å². The number of hydrogen-bond acceptors (Lipinski definition) is 3. The summed E-state index contributed by atoms with van der Waals surface area (Å²) in [5.41, 5.74) is 6.12. The Labute approximate surface area is 81.2 Å². The van der Waals surface area contributed by atoms with Gasteiger partial charge in [0.25, 0.3) is 0 Å². The van der Waals surface area contributed by atoms with E-state index in [0.29, 0.717) is 5.56 Å². The predicted octanol–water partition coefficient (Wildman–Crippen LogP) is 0.631. The standard InChI is InChI=1S/C10H9N2O2/c1-6(14)7-2-3-8(5-13)9(4-7)10(11)12/h2-4H,1H3,(H3,11,12). The maximum absolute atomic E-state index is 11.0. The molecule has 0 heterocycles. The van der Waals surface area contributed by atoms with E-state index in [2.05, 4.69) is 0 Å². The zero-order chi connectivity index (χ0) is 10.7. The van der Waals surface area contributed by atoms with Crippen LogP contribution in [0.2, 0.25) is 0 Å². The van der Waals surface area contributed by atoms with Gasteiger partial charge in [0.05, 0.1) is 0 Å². The Balaban J connectivity index is 3.34. The minimum atomic E-state index is -0.244. The fourth-order valence-electron chi connectivity index (χ4n) is 1.08. The van der Waals surface area contributed by atoms with Gasteiger partial charge in [-0.25, -0.2) is 0 Å². The van der Waals surface area contributed by atoms with Gasteiger partial charge in [0, 0.05) is 16.7 Å². The van der Waals surface area contributed by atoms with Gasteiger partial charge in [-0.3, -0.25) is 15.0 Å². The monoisotopic (exact) mass is 189 g/mol. The maximum atomic E-state index is 11.0. The van der Waals surface area contributed by atoms with E-state index in [1.165, 1.54) is 25.1 Å². The minimum absolute atomic E-state index is 0.134. The molecule has 0 aromatic heterocycles. The summed E-state index contributed by atoms with van der Waals surface area (Å²) in [6, 6.07) is 4.36. The number of nitrogen functional groups attached to an aromatic ring is 1. The van der Waals surface area contributed by atoms with Crippen molar-refractivity contribution in [1.82, 2.24) is 0 Å². The molecule has 3 N–H and O–H groups in total. The van der Waals surface area contributed by atoms with E-state index in [1.54, 1.807) is 6.29 Å². The van der Waals surface area contributed by atoms with Crippen molar-refractivity contribution in [1.29, 1.82) is 5.41 Å². The SMILES string of the molecule is CC(=O)c1ccc([C]=O)c(C(=N)N)c1. The van der Waals surface area contributed by atoms with E-state index >= 15 is 0 Å². The summed E-state index contributed by atoms with van der Waals surface area (Å²) in [6.45, 7) is 1.41. The van der Waals surface area contributed by atoms with Crippen LogP contribution in [-0.4, -0.2) is 17.9 Å². The van der Waals surface area contributed by atoms with Crippen LogP contribution in [0.3, 0.4) is 0 Å². The van der Waals surface area contributed by atoms with Gasteiger partial charge in [-0.15, -0.1) is 0 Å². The first-order valence-electron chi connectivity index (χ1n) is 3.93. The summed E-state index contributed by atoms with van der Waals surface area (Å²) in [5, 5.41) is 7.20. The van der Waals surface area contributed by atoms with Gasteiger partial charge in [-0.1, -0.05) is 6.07 Å². The number of nitrogens with one attached hydrogen (secondary N) is 1. The molecule has 0 amide bonds. The fourth-order valence-corrected chi connectivity index (χ4v) is 1.08. The Morgan fingerprint density at radius 2 is 2.14 bits per heavy atom. The van der Waals surface area contributed by atoms with Crippen LogP contribution >= 0.6 is 0 Å². The van der Waals surface area contributed by atoms with Crippen molar-refractivity contribution in [2.45, 2.75) is 6.92 Å². The molecule has 1 radical (unpaired) electrons. The van der Waals surface area contributed by atoms with Crippen LogP contribution in [0.5, 0.6) is 0 Å². The highest BCUT2D eigenvalue weighted by Crippen LogP contribution is 2.10. The van der Waals surface area contributed by atoms with E-state index < -0.39 is 0 Å². The van der Waals surface area contributed by atoms with Gasteiger partial charge in [0.1, 0.15) is 5.84 Å². The molecule has 1 aromatic carbocycles. The molecule has 1 rings (SSSR count). The lowest BCUT2D eigenvalue weighted by molar-refractivity contribution is 0.101. The van der Waals surface area contributed by atoms with Crippen LogP contribution < -0.4 is 5.73 Å². The topological polar surface area (TPSA) is 84.0 Å². The summed E-state index contributed by atoms with van der Waals surface area (Å²) in [6.07, 6.45) is 1.66. The number of hydrogen-bond donors (Lipinski definition) is 2. The molecule has 0 saturated carbocycles. The summed E-state index contributed by atoms with van der Waals surface area (Å²) in [4.78, 5) is 21.5. The Hall–Kier alpha value is -1.97. The van der Waals surface area contributed by atoms with E-state index in [1.807, 2.05) is 0 Å². The zero-order valence-electron chi connectivity index (χ0n) is 7.63. The third-order valence-electron chi connectivity index (χ3n) is 1.83. The van der Waals surface area contributed by atoms with Gasteiger partial charge < -0.3 is 5.73 Å². The largest absolute Gasteiger partial charge is 0.384 e. The molecule has 0 atom stereocenters. The molecule has 0 aliphatic heterocycles. The van der Waals surface area contributed by atoms with Crippen LogP contribution in [0.4, 0.5) is 0 Å². The highest BCUT2D eigenvalue weighted by Gasteiger charge is 2.08. The molecule has 0 aliphatic rings. The molecule has 0 fully saturated rings. The van der Waals surface area contributed by atoms with Crippen LogP contribution in [0.25, 0.3) is 0 Å². The molecule has 0 aliphatic carbocycles. The van der Waals surface area contributed by atoms with Crippen LogP contribution in [0.15, 0.2) is 18.2 Å². The second-order valence-electron chi connectivity index (χ2n) is 2.83. The highest BCUT2D eigenvalue weighted by atomic mass is 16.1. The number of benzene rings is 1. The van der Waals surface area contributed by atoms with Gasteiger partial charge >= 0.3 is 0 Å². The molecule has 1 aromatic rings. The summed E-state index contributed by atoms with van der Waals surface area (Å²) < 4.78 is 0. The van der Waals surface area contributed by atoms with Gasteiger partial charge in [-0.2, -0.15) is 0 Å². The Bertz CT molecular complexity index is 411. The average Bonchev–Trinajstić information content (AvgIpc) is 2.16. The fraction of sp³-hybridized carbons (Fsp3) is 0.100. The van der Waals surface area contributed by atoms with E-state index in [0.717, 1.165) is 0 Å². The third kappa shape index (κ3) is 1.85. The minimum Gasteiger partial charge on any atom is -0.384 e. The number of rotatable bonds is 3. The highest BCUT2D eigenvalue weighted by molar-refractivity contribution is 6.05. The average molecular weight is 189 g/mol. The number of amidine groups is 1. The van der Waals surface area contributed by atoms with Crippen molar-refractivity contribution in [2.75, 3.05) is 0 Å². The Kier molecular flexibility index (Phi) is 2.76. The predicted molar refractivity (Wildman–Crippen MR) is 52.3 cm³/mol. The molecular formula is C10H9N2O2. The number of carbonyl (C=O) groups is 1. The molecule has 4 nitrogen and oxygen atoms in total. The summed E-state index contributed by atoms with van der Waals surface area (Å²) in [7, 11) is 0. The van der Waals surface area contributed by atoms with Crippen molar-refractivity contribution in [3.63, 3.8) is 0 Å². The summed E-state index contributed by atoms with van der Waals surface area (Å²) in [5.74, 6) is -0.378. The van der Waals surface area contributed by atoms with Crippen LogP contribution in [-0.2, 0) is 4.79 Å². The lowest BCUT2D eigenvalue weighted by Crippen LogP contribution is -2.14. The Morgan fingerprint density at radius 1 is 1.50 bits per heavy atom. The molecule has 4 heteroatoms. The molecule has 0 bridgehead atoms. The zero-order valence-corrected chi connectivity index (χ0v) is 7.63. The first-order valence-corrected chi connectivity index (χ1v) is 3.93. The van der Waals surface area contributed by atoms with Gasteiger partial charge in [-0.05, 0) is 19.1 Å². The normalized spacial score (nSPS) is 9.50. The van der Waals surface area contributed by atoms with Crippen LogP contribution in [0, 0.1) is 5.41 Å². The van der Waals surface area contributed by atoms with E-state index in [4.69, 9.17) is 11.1 Å². The van der Waals surface area contributed by atoms with Crippen molar-refractivity contribution in [3.8, 4) is 0 Å². The lowest BCUT2D eigenvalue weighted by Gasteiger charge is -2.03. The first-order chi connectivity index (χ1) is 6.56. The van der Waals surface area contributed by atoms with Crippen molar-refractivity contribution < 1.29 is 9.59 Å². The van der Waals surface area contributed by atoms with E-state index in [-0.39, 0.29) is 22.7 Å². The van der Waals surface area contributed by atoms with E-state index in [9.17, 15) is 9.59 Å². The Morgan fingerprint density at radius 3 is 2.57 bits per heavy atom. The molecular weight excluding hydrogens is 180 g/mol. The van der Waals surface area contributed by atoms with Gasteiger partial charge in [0.2, 0.25) is 6.29 Å². The second kappa shape index (κ2) is 3.83. The molecule has 0 spiro atoms. The second-order valence-corrected chi connectivity index (χ2v) is 2.83. The third-order valence-corrected chi connectivity index (χ3v) is 1.83. The van der Waals surface area contributed by atoms with Crippen molar-refractivity contribution in [2.24, 2.45) is 5.73 Å². The van der Waals surface area contributed by atoms with Gasteiger partial charge in [0.15, 0.2) is 5.78 Å². The number of ketones is 1. The van der Waals surface area contributed by atoms with Crippen molar-refractivity contribution in [3.05, 3.63) is 34.9 Å². The molecule has 71 valence electrons. The van der Waals surface area contributed by atoms with Crippen LogP contribution in [0.1, 0.15) is 28.4 Å². The number of Topliss-reactive ketones (excluding diaryl/α,β-unsaturated/α-hetero) is 1. The summed E-state index contributed by atoms with van der Waals surface area (Å²) >= 11 is 0. The lowest BCUT2D eigenvalue weighted by atomic mass is 10.0. The quantitative estimate of drug-likeness (QED) is 0.415. The smallest absolute Gasteiger partial charge is 0.234 e. The maximum Gasteiger partial charge on any atom is 0.234 e. The molecule has 0 saturated heterocycles.